The maximum absolute atomic E-state index is 5.32. The third kappa shape index (κ3) is 2.15. The lowest BCUT2D eigenvalue weighted by Gasteiger charge is -1.95. The van der Waals surface area contributed by atoms with Crippen LogP contribution in [-0.2, 0) is 0 Å². The molecule has 0 aliphatic carbocycles. The molecule has 53 valence electrons. The first-order valence-corrected chi connectivity index (χ1v) is 3.37. The van der Waals surface area contributed by atoms with Crippen LogP contribution in [0.1, 0.15) is 12.0 Å². The number of nitrogens with two attached hydrogens (primary N) is 1. The summed E-state index contributed by atoms with van der Waals surface area (Å²) in [6.45, 7) is 0.703. The lowest BCUT2D eigenvalue weighted by molar-refractivity contribution is 0.957. The van der Waals surface area contributed by atoms with Gasteiger partial charge in [-0.25, -0.2) is 0 Å². The van der Waals surface area contributed by atoms with Gasteiger partial charge in [0, 0.05) is 12.4 Å². The van der Waals surface area contributed by atoms with Gasteiger partial charge in [-0.15, -0.1) is 0 Å². The van der Waals surface area contributed by atoms with E-state index in [0.29, 0.717) is 6.54 Å². The molecule has 2 N–H and O–H groups in total. The molecule has 0 saturated carbocycles. The molecule has 2 heteroatoms. The second-order valence-electron chi connectivity index (χ2n) is 2.07. The lowest BCUT2D eigenvalue weighted by atomic mass is 10.2. The zero-order valence-electron chi connectivity index (χ0n) is 5.83. The van der Waals surface area contributed by atoms with Crippen molar-refractivity contribution in [2.75, 3.05) is 6.54 Å². The van der Waals surface area contributed by atoms with Crippen LogP contribution in [0.25, 0.3) is 0 Å². The number of hydrogen-bond donors (Lipinski definition) is 1. The Morgan fingerprint density at radius 2 is 2.50 bits per heavy atom. The van der Waals surface area contributed by atoms with Gasteiger partial charge >= 0.3 is 0 Å². The molecule has 0 bridgehead atoms. The number of aromatic nitrogens is 1. The molecule has 1 rings (SSSR count). The molecule has 0 aliphatic rings. The minimum Gasteiger partial charge on any atom is -0.330 e. The summed E-state index contributed by atoms with van der Waals surface area (Å²) in [4.78, 5) is 3.97. The van der Waals surface area contributed by atoms with Gasteiger partial charge in [0.25, 0.3) is 0 Å². The van der Waals surface area contributed by atoms with Crippen molar-refractivity contribution in [2.45, 2.75) is 6.42 Å². The second-order valence-corrected chi connectivity index (χ2v) is 2.07. The number of pyridine rings is 1. The molecule has 1 heterocycles. The van der Waals surface area contributed by atoms with E-state index in [2.05, 4.69) is 11.4 Å². The van der Waals surface area contributed by atoms with Gasteiger partial charge in [0.2, 0.25) is 0 Å². The smallest absolute Gasteiger partial charge is 0.0302 e. The summed E-state index contributed by atoms with van der Waals surface area (Å²) in [5.74, 6) is 0. The first-order valence-electron chi connectivity index (χ1n) is 3.37. The van der Waals surface area contributed by atoms with Crippen molar-refractivity contribution in [2.24, 2.45) is 5.73 Å². The van der Waals surface area contributed by atoms with Crippen LogP contribution in [0.15, 0.2) is 24.5 Å². The van der Waals surface area contributed by atoms with E-state index in [1.807, 2.05) is 18.3 Å². The summed E-state index contributed by atoms with van der Waals surface area (Å²) in [5.41, 5.74) is 6.47. The van der Waals surface area contributed by atoms with Crippen LogP contribution < -0.4 is 5.73 Å². The molecule has 1 radical (unpaired) electrons. The fourth-order valence-electron chi connectivity index (χ4n) is 0.747. The molecule has 10 heavy (non-hydrogen) atoms. The normalized spacial score (nSPS) is 9.70. The van der Waals surface area contributed by atoms with E-state index in [1.54, 1.807) is 6.20 Å². The highest BCUT2D eigenvalue weighted by atomic mass is 14.6. The third-order valence-corrected chi connectivity index (χ3v) is 1.23. The zero-order valence-corrected chi connectivity index (χ0v) is 5.83. The molecule has 0 atom stereocenters. The molecule has 0 unspecified atom stereocenters. The van der Waals surface area contributed by atoms with E-state index < -0.39 is 0 Å². The Bertz CT molecular complexity index is 172. The fraction of sp³-hybridized carbons (Fsp3) is 0.250. The minimum absolute atomic E-state index is 0.703. The van der Waals surface area contributed by atoms with Crippen molar-refractivity contribution in [3.63, 3.8) is 0 Å². The molecule has 0 spiro atoms. The topological polar surface area (TPSA) is 38.9 Å². The van der Waals surface area contributed by atoms with Crippen molar-refractivity contribution in [3.8, 4) is 0 Å². The molecule has 0 saturated heterocycles. The predicted molar refractivity (Wildman–Crippen MR) is 41.3 cm³/mol. The molecule has 0 aliphatic heterocycles. The Morgan fingerprint density at radius 3 is 3.10 bits per heavy atom. The monoisotopic (exact) mass is 135 g/mol. The van der Waals surface area contributed by atoms with E-state index in [4.69, 9.17) is 5.73 Å². The SMILES string of the molecule is NCC[CH]c1cccnc1. The second kappa shape index (κ2) is 4.01. The molecular formula is C8H11N2. The Morgan fingerprint density at radius 1 is 1.60 bits per heavy atom. The van der Waals surface area contributed by atoms with Crippen LogP contribution in [0.2, 0.25) is 0 Å². The first kappa shape index (κ1) is 7.22. The maximum atomic E-state index is 5.32. The molecule has 1 aromatic rings. The molecular weight excluding hydrogens is 124 g/mol. The maximum Gasteiger partial charge on any atom is 0.0302 e. The molecule has 0 aromatic carbocycles. The fourth-order valence-corrected chi connectivity index (χ4v) is 0.747. The summed E-state index contributed by atoms with van der Waals surface area (Å²) in [6.07, 6.45) is 6.59. The van der Waals surface area contributed by atoms with Crippen LogP contribution in [-0.4, -0.2) is 11.5 Å². The average Bonchev–Trinajstić information content (AvgIpc) is 2.03. The van der Waals surface area contributed by atoms with Crippen LogP contribution >= 0.6 is 0 Å². The zero-order chi connectivity index (χ0) is 7.23. The highest BCUT2D eigenvalue weighted by Crippen LogP contribution is 2.00. The Kier molecular flexibility index (Phi) is 2.90. The molecule has 2 nitrogen and oxygen atoms in total. The summed E-state index contributed by atoms with van der Waals surface area (Å²) >= 11 is 0. The van der Waals surface area contributed by atoms with Gasteiger partial charge in [-0.3, -0.25) is 4.98 Å². The van der Waals surface area contributed by atoms with Crippen LogP contribution in [0.4, 0.5) is 0 Å². The summed E-state index contributed by atoms with van der Waals surface area (Å²) in [6, 6.07) is 3.94. The van der Waals surface area contributed by atoms with Gasteiger partial charge in [-0.05, 0) is 31.0 Å². The highest BCUT2D eigenvalue weighted by molar-refractivity contribution is 5.17. The standard InChI is InChI=1S/C8H11N2/c9-5-1-3-8-4-2-6-10-7-8/h2-4,6-7H,1,5,9H2. The van der Waals surface area contributed by atoms with Crippen molar-refractivity contribution in [1.29, 1.82) is 0 Å². The van der Waals surface area contributed by atoms with Gasteiger partial charge in [-0.1, -0.05) is 6.07 Å². The van der Waals surface area contributed by atoms with E-state index >= 15 is 0 Å². The summed E-state index contributed by atoms with van der Waals surface area (Å²) < 4.78 is 0. The van der Waals surface area contributed by atoms with Crippen LogP contribution in [0.5, 0.6) is 0 Å². The summed E-state index contributed by atoms with van der Waals surface area (Å²) in [7, 11) is 0. The Balaban J connectivity index is 2.43. The van der Waals surface area contributed by atoms with E-state index in [-0.39, 0.29) is 0 Å². The highest BCUT2D eigenvalue weighted by Gasteiger charge is 1.88. The quantitative estimate of drug-likeness (QED) is 0.671. The summed E-state index contributed by atoms with van der Waals surface area (Å²) in [5, 5.41) is 0. The average molecular weight is 135 g/mol. The number of hydrogen-bond acceptors (Lipinski definition) is 2. The van der Waals surface area contributed by atoms with Gasteiger partial charge in [0.05, 0.1) is 0 Å². The van der Waals surface area contributed by atoms with Gasteiger partial charge < -0.3 is 5.73 Å². The third-order valence-electron chi connectivity index (χ3n) is 1.23. The Labute approximate surface area is 61.1 Å². The van der Waals surface area contributed by atoms with E-state index in [9.17, 15) is 0 Å². The lowest BCUT2D eigenvalue weighted by Crippen LogP contribution is -1.98. The predicted octanol–water partition coefficient (Wildman–Crippen LogP) is 0.983. The van der Waals surface area contributed by atoms with Crippen molar-refractivity contribution >= 4 is 0 Å². The van der Waals surface area contributed by atoms with Gasteiger partial charge in [-0.2, -0.15) is 0 Å². The number of nitrogens with zero attached hydrogens (tertiary/aromatic N) is 1. The molecule has 0 fully saturated rings. The van der Waals surface area contributed by atoms with Gasteiger partial charge in [0.15, 0.2) is 0 Å². The number of rotatable bonds is 3. The van der Waals surface area contributed by atoms with Crippen molar-refractivity contribution in [3.05, 3.63) is 36.5 Å². The minimum atomic E-state index is 0.703. The Hall–Kier alpha value is -0.890. The van der Waals surface area contributed by atoms with Crippen molar-refractivity contribution in [1.82, 2.24) is 4.98 Å². The molecule has 0 amide bonds. The molecule has 1 aromatic heterocycles. The van der Waals surface area contributed by atoms with Crippen LogP contribution in [0.3, 0.4) is 0 Å². The van der Waals surface area contributed by atoms with Gasteiger partial charge in [0.1, 0.15) is 0 Å². The van der Waals surface area contributed by atoms with E-state index in [0.717, 1.165) is 12.0 Å². The largest absolute Gasteiger partial charge is 0.330 e. The van der Waals surface area contributed by atoms with E-state index in [1.165, 1.54) is 0 Å². The van der Waals surface area contributed by atoms with Crippen LogP contribution in [0, 0.1) is 6.42 Å². The van der Waals surface area contributed by atoms with Crippen molar-refractivity contribution < 1.29 is 0 Å². The first-order chi connectivity index (χ1) is 4.93.